The normalized spacial score (nSPS) is 11.8. The van der Waals surface area contributed by atoms with E-state index in [0.29, 0.717) is 12.1 Å². The van der Waals surface area contributed by atoms with Gasteiger partial charge < -0.3 is 9.30 Å². The van der Waals surface area contributed by atoms with Crippen molar-refractivity contribution in [1.29, 1.82) is 0 Å². The topological polar surface area (TPSA) is 87.2 Å². The number of hydrogen-bond acceptors (Lipinski definition) is 5. The van der Waals surface area contributed by atoms with Gasteiger partial charge in [-0.25, -0.2) is 18.5 Å². The fourth-order valence-corrected chi connectivity index (χ4v) is 4.20. The average molecular weight is 406 g/mol. The number of sulfonamides is 1. The van der Waals surface area contributed by atoms with Crippen molar-refractivity contribution in [2.24, 2.45) is 5.14 Å². The van der Waals surface area contributed by atoms with E-state index in [1.807, 2.05) is 31.2 Å². The minimum atomic E-state index is -3.74. The van der Waals surface area contributed by atoms with E-state index >= 15 is 0 Å². The van der Waals surface area contributed by atoms with Crippen molar-refractivity contribution in [2.75, 3.05) is 12.4 Å². The number of benzene rings is 2. The predicted molar refractivity (Wildman–Crippen MR) is 109 cm³/mol. The molecule has 1 heterocycles. The highest BCUT2D eigenvalue weighted by Crippen LogP contribution is 2.26. The van der Waals surface area contributed by atoms with E-state index in [0.717, 1.165) is 40.7 Å². The van der Waals surface area contributed by atoms with Crippen LogP contribution in [0.25, 0.3) is 11.0 Å². The van der Waals surface area contributed by atoms with Gasteiger partial charge in [0.15, 0.2) is 5.16 Å². The third kappa shape index (κ3) is 4.82. The number of rotatable bonds is 8. The summed E-state index contributed by atoms with van der Waals surface area (Å²) < 4.78 is 31.1. The average Bonchev–Trinajstić information content (AvgIpc) is 2.95. The number of fused-ring (bicyclic) bond motifs is 1. The number of hydrogen-bond donors (Lipinski definition) is 1. The minimum Gasteiger partial charge on any atom is -0.493 e. The maximum absolute atomic E-state index is 11.6. The van der Waals surface area contributed by atoms with Gasteiger partial charge in [-0.3, -0.25) is 0 Å². The molecule has 0 spiro atoms. The van der Waals surface area contributed by atoms with Gasteiger partial charge in [0.1, 0.15) is 5.75 Å². The van der Waals surface area contributed by atoms with Crippen molar-refractivity contribution in [2.45, 2.75) is 36.9 Å². The molecule has 0 saturated heterocycles. The molecule has 0 fully saturated rings. The SMILES string of the molecule is CCCn1c(SCCOc2cccc(C)c2)nc2cc(S(N)(=O)=O)ccc21. The van der Waals surface area contributed by atoms with E-state index in [4.69, 9.17) is 9.88 Å². The molecule has 0 atom stereocenters. The van der Waals surface area contributed by atoms with Crippen LogP contribution in [0.4, 0.5) is 0 Å². The summed E-state index contributed by atoms with van der Waals surface area (Å²) in [5, 5.41) is 6.08. The Bertz CT molecular complexity index is 1050. The zero-order valence-electron chi connectivity index (χ0n) is 15.4. The van der Waals surface area contributed by atoms with E-state index in [9.17, 15) is 8.42 Å². The molecule has 0 aliphatic carbocycles. The molecule has 0 saturated carbocycles. The molecular weight excluding hydrogens is 382 g/mol. The molecular formula is C19H23N3O3S2. The summed E-state index contributed by atoms with van der Waals surface area (Å²) >= 11 is 1.60. The second-order valence-electron chi connectivity index (χ2n) is 6.25. The van der Waals surface area contributed by atoms with Crippen LogP contribution < -0.4 is 9.88 Å². The Labute approximate surface area is 163 Å². The van der Waals surface area contributed by atoms with E-state index in [2.05, 4.69) is 16.5 Å². The number of primary sulfonamides is 1. The van der Waals surface area contributed by atoms with Crippen LogP contribution >= 0.6 is 11.8 Å². The Balaban J connectivity index is 1.75. The third-order valence-corrected chi connectivity index (χ3v) is 5.88. The zero-order chi connectivity index (χ0) is 19.4. The zero-order valence-corrected chi connectivity index (χ0v) is 17.0. The van der Waals surface area contributed by atoms with Gasteiger partial charge in [-0.15, -0.1) is 0 Å². The van der Waals surface area contributed by atoms with E-state index < -0.39 is 10.0 Å². The van der Waals surface area contributed by atoms with Crippen LogP contribution in [0.2, 0.25) is 0 Å². The second kappa shape index (κ2) is 8.33. The Kier molecular flexibility index (Phi) is 6.08. The van der Waals surface area contributed by atoms with Crippen LogP contribution in [0.5, 0.6) is 5.75 Å². The third-order valence-electron chi connectivity index (χ3n) is 4.03. The number of thioether (sulfide) groups is 1. The van der Waals surface area contributed by atoms with Gasteiger partial charge in [0.2, 0.25) is 10.0 Å². The van der Waals surface area contributed by atoms with Gasteiger partial charge in [0.05, 0.1) is 22.5 Å². The number of imidazole rings is 1. The standard InChI is InChI=1S/C19H23N3O3S2/c1-3-9-22-18-8-7-16(27(20,23)24)13-17(18)21-19(22)26-11-10-25-15-6-4-5-14(2)12-15/h4-8,12-13H,3,9-11H2,1-2H3,(H2,20,23,24). The molecule has 0 aliphatic rings. The molecule has 144 valence electrons. The highest BCUT2D eigenvalue weighted by molar-refractivity contribution is 7.99. The minimum absolute atomic E-state index is 0.0791. The number of aromatic nitrogens is 2. The van der Waals surface area contributed by atoms with Crippen molar-refractivity contribution < 1.29 is 13.2 Å². The Morgan fingerprint density at radius 3 is 2.74 bits per heavy atom. The van der Waals surface area contributed by atoms with Crippen molar-refractivity contribution >= 4 is 32.8 Å². The van der Waals surface area contributed by atoms with Gasteiger partial charge in [-0.05, 0) is 49.2 Å². The van der Waals surface area contributed by atoms with Crippen molar-refractivity contribution in [1.82, 2.24) is 9.55 Å². The fourth-order valence-electron chi connectivity index (χ4n) is 2.81. The lowest BCUT2D eigenvalue weighted by Gasteiger charge is -2.09. The van der Waals surface area contributed by atoms with Gasteiger partial charge in [-0.2, -0.15) is 0 Å². The van der Waals surface area contributed by atoms with Crippen molar-refractivity contribution in [3.8, 4) is 5.75 Å². The van der Waals surface area contributed by atoms with E-state index in [-0.39, 0.29) is 4.90 Å². The summed E-state index contributed by atoms with van der Waals surface area (Å²) in [5.41, 5.74) is 2.71. The summed E-state index contributed by atoms with van der Waals surface area (Å²) in [7, 11) is -3.74. The lowest BCUT2D eigenvalue weighted by Crippen LogP contribution is -2.11. The number of nitrogens with two attached hydrogens (primary N) is 1. The second-order valence-corrected chi connectivity index (χ2v) is 8.88. The van der Waals surface area contributed by atoms with Crippen LogP contribution in [0.1, 0.15) is 18.9 Å². The Morgan fingerprint density at radius 1 is 1.22 bits per heavy atom. The van der Waals surface area contributed by atoms with Gasteiger partial charge in [-0.1, -0.05) is 30.8 Å². The monoisotopic (exact) mass is 405 g/mol. The lowest BCUT2D eigenvalue weighted by atomic mass is 10.2. The highest BCUT2D eigenvalue weighted by atomic mass is 32.2. The maximum atomic E-state index is 11.6. The number of aryl methyl sites for hydroxylation is 2. The van der Waals surface area contributed by atoms with Crippen LogP contribution in [0, 0.1) is 6.92 Å². The molecule has 0 unspecified atom stereocenters. The molecule has 1 aromatic heterocycles. The molecule has 8 heteroatoms. The molecule has 2 aromatic carbocycles. The summed E-state index contributed by atoms with van der Waals surface area (Å²) in [6.07, 6.45) is 0.954. The molecule has 2 N–H and O–H groups in total. The predicted octanol–water partition coefficient (Wildman–Crippen LogP) is 3.57. The van der Waals surface area contributed by atoms with Gasteiger partial charge in [0, 0.05) is 12.3 Å². The quantitative estimate of drug-likeness (QED) is 0.457. The van der Waals surface area contributed by atoms with E-state index in [1.54, 1.807) is 17.8 Å². The first kappa shape index (κ1) is 19.7. The lowest BCUT2D eigenvalue weighted by molar-refractivity contribution is 0.343. The molecule has 3 rings (SSSR count). The first-order valence-electron chi connectivity index (χ1n) is 8.74. The first-order valence-corrected chi connectivity index (χ1v) is 11.3. The summed E-state index contributed by atoms with van der Waals surface area (Å²) in [6.45, 7) is 5.50. The highest BCUT2D eigenvalue weighted by Gasteiger charge is 2.15. The molecule has 3 aromatic rings. The van der Waals surface area contributed by atoms with Crippen molar-refractivity contribution in [3.05, 3.63) is 48.0 Å². The Morgan fingerprint density at radius 2 is 2.04 bits per heavy atom. The van der Waals surface area contributed by atoms with Gasteiger partial charge in [0.25, 0.3) is 0 Å². The number of nitrogens with zero attached hydrogens (tertiary/aromatic N) is 2. The molecule has 0 aliphatic heterocycles. The smallest absolute Gasteiger partial charge is 0.238 e. The maximum Gasteiger partial charge on any atom is 0.238 e. The molecule has 6 nitrogen and oxygen atoms in total. The largest absolute Gasteiger partial charge is 0.493 e. The number of ether oxygens (including phenoxy) is 1. The summed E-state index contributed by atoms with van der Waals surface area (Å²) in [6, 6.07) is 12.8. The summed E-state index contributed by atoms with van der Waals surface area (Å²) in [5.74, 6) is 1.60. The van der Waals surface area contributed by atoms with Crippen molar-refractivity contribution in [3.63, 3.8) is 0 Å². The Hall–Kier alpha value is -2.03. The molecule has 0 radical (unpaired) electrons. The first-order chi connectivity index (χ1) is 12.9. The van der Waals surface area contributed by atoms with Crippen LogP contribution in [0.3, 0.4) is 0 Å². The van der Waals surface area contributed by atoms with Crippen LogP contribution in [0.15, 0.2) is 52.5 Å². The fraction of sp³-hybridized carbons (Fsp3) is 0.316. The summed E-state index contributed by atoms with van der Waals surface area (Å²) in [4.78, 5) is 4.69. The molecule has 0 bridgehead atoms. The van der Waals surface area contributed by atoms with E-state index in [1.165, 1.54) is 12.1 Å². The molecule has 27 heavy (non-hydrogen) atoms. The van der Waals surface area contributed by atoms with Crippen LogP contribution in [-0.4, -0.2) is 30.3 Å². The molecule has 0 amide bonds. The van der Waals surface area contributed by atoms with Crippen LogP contribution in [-0.2, 0) is 16.6 Å². The van der Waals surface area contributed by atoms with Gasteiger partial charge >= 0.3 is 0 Å².